The van der Waals surface area contributed by atoms with Gasteiger partial charge in [-0.15, -0.1) is 0 Å². The van der Waals surface area contributed by atoms with Gasteiger partial charge in [0.2, 0.25) is 0 Å². The van der Waals surface area contributed by atoms with Crippen molar-refractivity contribution in [3.8, 4) is 0 Å². The van der Waals surface area contributed by atoms with Crippen molar-refractivity contribution in [3.05, 3.63) is 32.2 Å². The van der Waals surface area contributed by atoms with Crippen LogP contribution in [0.2, 0.25) is 0 Å². The Hall–Kier alpha value is -0.390. The molecule has 1 N–H and O–H groups in total. The van der Waals surface area contributed by atoms with Crippen molar-refractivity contribution in [1.29, 1.82) is 0 Å². The standard InChI is InChI=1S/C11H13Br2NO2/c1-7-9(12)3-8(4-10(7)13)5-14(2)6-11(15)16/h3-4H,5-6H2,1-2H3,(H,15,16). The molecule has 0 aliphatic rings. The number of benzene rings is 1. The molecule has 0 amide bonds. The van der Waals surface area contributed by atoms with E-state index < -0.39 is 5.97 Å². The van der Waals surface area contributed by atoms with E-state index in [1.807, 2.05) is 19.1 Å². The Kier molecular flexibility index (Phi) is 4.95. The molecule has 16 heavy (non-hydrogen) atoms. The van der Waals surface area contributed by atoms with Gasteiger partial charge in [0, 0.05) is 15.5 Å². The summed E-state index contributed by atoms with van der Waals surface area (Å²) in [5.74, 6) is -0.812. The van der Waals surface area contributed by atoms with Crippen LogP contribution in [0.15, 0.2) is 21.1 Å². The van der Waals surface area contributed by atoms with Gasteiger partial charge in [0.25, 0.3) is 0 Å². The lowest BCUT2D eigenvalue weighted by Crippen LogP contribution is -2.25. The molecule has 1 aromatic rings. The zero-order valence-electron chi connectivity index (χ0n) is 9.13. The minimum Gasteiger partial charge on any atom is -0.480 e. The van der Waals surface area contributed by atoms with Gasteiger partial charge in [-0.3, -0.25) is 9.69 Å². The minimum absolute atomic E-state index is 0.0448. The average molecular weight is 351 g/mol. The maximum absolute atomic E-state index is 10.5. The van der Waals surface area contributed by atoms with Crippen molar-refractivity contribution in [1.82, 2.24) is 4.90 Å². The molecule has 0 saturated heterocycles. The third-order valence-corrected chi connectivity index (χ3v) is 3.85. The lowest BCUT2D eigenvalue weighted by molar-refractivity contribution is -0.138. The fourth-order valence-corrected chi connectivity index (χ4v) is 2.67. The van der Waals surface area contributed by atoms with Crippen molar-refractivity contribution in [3.63, 3.8) is 0 Å². The van der Waals surface area contributed by atoms with Crippen molar-refractivity contribution in [2.75, 3.05) is 13.6 Å². The summed E-state index contributed by atoms with van der Waals surface area (Å²) in [6, 6.07) is 4.02. The van der Waals surface area contributed by atoms with E-state index in [1.54, 1.807) is 11.9 Å². The fraction of sp³-hybridized carbons (Fsp3) is 0.364. The van der Waals surface area contributed by atoms with E-state index in [9.17, 15) is 4.79 Å². The summed E-state index contributed by atoms with van der Waals surface area (Å²) in [7, 11) is 1.79. The highest BCUT2D eigenvalue weighted by Crippen LogP contribution is 2.26. The highest BCUT2D eigenvalue weighted by molar-refractivity contribution is 9.11. The molecule has 1 rings (SSSR count). The van der Waals surface area contributed by atoms with Crippen LogP contribution in [0.4, 0.5) is 0 Å². The Morgan fingerprint density at radius 3 is 2.31 bits per heavy atom. The number of carboxylic acid groups (broad SMARTS) is 1. The monoisotopic (exact) mass is 349 g/mol. The van der Waals surface area contributed by atoms with Crippen LogP contribution in [0.3, 0.4) is 0 Å². The summed E-state index contributed by atoms with van der Waals surface area (Å²) in [5, 5.41) is 8.66. The van der Waals surface area contributed by atoms with Crippen molar-refractivity contribution in [2.45, 2.75) is 13.5 Å². The Morgan fingerprint density at radius 2 is 1.88 bits per heavy atom. The first kappa shape index (κ1) is 13.7. The quantitative estimate of drug-likeness (QED) is 0.907. The van der Waals surface area contributed by atoms with E-state index in [4.69, 9.17) is 5.11 Å². The van der Waals surface area contributed by atoms with Crippen LogP contribution in [-0.4, -0.2) is 29.6 Å². The van der Waals surface area contributed by atoms with E-state index in [2.05, 4.69) is 31.9 Å². The van der Waals surface area contributed by atoms with Gasteiger partial charge in [-0.05, 0) is 37.2 Å². The van der Waals surface area contributed by atoms with Gasteiger partial charge in [-0.2, -0.15) is 0 Å². The van der Waals surface area contributed by atoms with Crippen LogP contribution in [0.25, 0.3) is 0 Å². The lowest BCUT2D eigenvalue weighted by atomic mass is 10.1. The Labute approximate surface area is 112 Å². The number of nitrogens with zero attached hydrogens (tertiary/aromatic N) is 1. The molecule has 0 heterocycles. The number of hydrogen-bond acceptors (Lipinski definition) is 2. The zero-order valence-corrected chi connectivity index (χ0v) is 12.3. The van der Waals surface area contributed by atoms with Crippen molar-refractivity contribution < 1.29 is 9.90 Å². The first-order valence-electron chi connectivity index (χ1n) is 4.75. The first-order chi connectivity index (χ1) is 7.40. The second-order valence-electron chi connectivity index (χ2n) is 3.75. The highest BCUT2D eigenvalue weighted by atomic mass is 79.9. The average Bonchev–Trinajstić information content (AvgIpc) is 2.12. The summed E-state index contributed by atoms with van der Waals surface area (Å²) in [6.45, 7) is 2.67. The van der Waals surface area contributed by atoms with E-state index >= 15 is 0 Å². The molecule has 1 aromatic carbocycles. The van der Waals surface area contributed by atoms with Gasteiger partial charge in [-0.25, -0.2) is 0 Å². The molecule has 0 fully saturated rings. The molecule has 0 radical (unpaired) electrons. The van der Waals surface area contributed by atoms with Crippen molar-refractivity contribution in [2.24, 2.45) is 0 Å². The smallest absolute Gasteiger partial charge is 0.317 e. The van der Waals surface area contributed by atoms with E-state index in [0.29, 0.717) is 6.54 Å². The summed E-state index contributed by atoms with van der Waals surface area (Å²) >= 11 is 6.95. The first-order valence-corrected chi connectivity index (χ1v) is 6.33. The highest BCUT2D eigenvalue weighted by Gasteiger charge is 2.08. The van der Waals surface area contributed by atoms with Gasteiger partial charge < -0.3 is 5.11 Å². The van der Waals surface area contributed by atoms with Crippen LogP contribution in [0, 0.1) is 6.92 Å². The molecule has 5 heteroatoms. The van der Waals surface area contributed by atoms with E-state index in [0.717, 1.165) is 20.1 Å². The maximum Gasteiger partial charge on any atom is 0.317 e. The topological polar surface area (TPSA) is 40.5 Å². The lowest BCUT2D eigenvalue weighted by Gasteiger charge is -2.15. The molecule has 0 saturated carbocycles. The largest absolute Gasteiger partial charge is 0.480 e. The number of carbonyl (C=O) groups is 1. The number of rotatable bonds is 4. The normalized spacial score (nSPS) is 10.8. The Morgan fingerprint density at radius 1 is 1.38 bits per heavy atom. The maximum atomic E-state index is 10.5. The molecule has 0 atom stereocenters. The molecule has 0 aliphatic heterocycles. The SMILES string of the molecule is Cc1c(Br)cc(CN(C)CC(=O)O)cc1Br. The van der Waals surface area contributed by atoms with Crippen LogP contribution in [-0.2, 0) is 11.3 Å². The third kappa shape index (κ3) is 3.88. The number of likely N-dealkylation sites (N-methyl/N-ethyl adjacent to an activating group) is 1. The third-order valence-electron chi connectivity index (χ3n) is 2.20. The summed E-state index contributed by atoms with van der Waals surface area (Å²) in [4.78, 5) is 12.3. The second kappa shape index (κ2) is 5.80. The molecule has 0 bridgehead atoms. The fourth-order valence-electron chi connectivity index (χ4n) is 1.39. The second-order valence-corrected chi connectivity index (χ2v) is 5.46. The van der Waals surface area contributed by atoms with Crippen LogP contribution in [0.1, 0.15) is 11.1 Å². The molecule has 3 nitrogen and oxygen atoms in total. The van der Waals surface area contributed by atoms with Gasteiger partial charge in [0.1, 0.15) is 0 Å². The van der Waals surface area contributed by atoms with Crippen LogP contribution in [0.5, 0.6) is 0 Å². The van der Waals surface area contributed by atoms with E-state index in [1.165, 1.54) is 0 Å². The molecule has 0 aliphatic carbocycles. The predicted molar refractivity (Wildman–Crippen MR) is 70.5 cm³/mol. The molecule has 0 spiro atoms. The summed E-state index contributed by atoms with van der Waals surface area (Å²) in [6.07, 6.45) is 0. The molecule has 88 valence electrons. The van der Waals surface area contributed by atoms with Crippen LogP contribution >= 0.6 is 31.9 Å². The predicted octanol–water partition coefficient (Wildman–Crippen LogP) is 3.04. The molecular weight excluding hydrogens is 338 g/mol. The molecule has 0 aromatic heterocycles. The molecular formula is C11H13Br2NO2. The zero-order chi connectivity index (χ0) is 12.3. The number of carboxylic acids is 1. The Bertz CT molecular complexity index is 384. The number of hydrogen-bond donors (Lipinski definition) is 1. The Balaban J connectivity index is 2.78. The van der Waals surface area contributed by atoms with Crippen molar-refractivity contribution >= 4 is 37.8 Å². The van der Waals surface area contributed by atoms with Gasteiger partial charge in [0.05, 0.1) is 6.54 Å². The van der Waals surface area contributed by atoms with Gasteiger partial charge in [0.15, 0.2) is 0 Å². The summed E-state index contributed by atoms with van der Waals surface area (Å²) in [5.41, 5.74) is 2.22. The van der Waals surface area contributed by atoms with E-state index in [-0.39, 0.29) is 6.54 Å². The van der Waals surface area contributed by atoms with Gasteiger partial charge in [-0.1, -0.05) is 31.9 Å². The minimum atomic E-state index is -0.812. The van der Waals surface area contributed by atoms with Gasteiger partial charge >= 0.3 is 5.97 Å². The number of aliphatic carboxylic acids is 1. The number of halogens is 2. The molecule has 0 unspecified atom stereocenters. The summed E-state index contributed by atoms with van der Waals surface area (Å²) < 4.78 is 2.06. The van der Waals surface area contributed by atoms with Crippen LogP contribution < -0.4 is 0 Å².